The summed E-state index contributed by atoms with van der Waals surface area (Å²) in [5, 5.41) is 14.5. The number of nitrogens with one attached hydrogen (secondary N) is 1. The monoisotopic (exact) mass is 461 g/mol. The van der Waals surface area contributed by atoms with Gasteiger partial charge in [-0.2, -0.15) is 4.31 Å². The fourth-order valence-electron chi connectivity index (χ4n) is 7.10. The van der Waals surface area contributed by atoms with Crippen LogP contribution in [0, 0.1) is 40.7 Å². The summed E-state index contributed by atoms with van der Waals surface area (Å²) >= 11 is 0. The van der Waals surface area contributed by atoms with Crippen LogP contribution < -0.4 is 5.32 Å². The summed E-state index contributed by atoms with van der Waals surface area (Å²) in [5.41, 5.74) is 0.214. The van der Waals surface area contributed by atoms with Crippen molar-refractivity contribution in [3.8, 4) is 0 Å². The molecule has 0 radical (unpaired) electrons. The van der Waals surface area contributed by atoms with Gasteiger partial charge in [0.2, 0.25) is 15.9 Å². The molecule has 0 unspecified atom stereocenters. The third-order valence-corrected chi connectivity index (χ3v) is 10.3. The summed E-state index contributed by atoms with van der Waals surface area (Å²) in [6.45, 7) is 2.15. The first-order valence-electron chi connectivity index (χ1n) is 11.7. The van der Waals surface area contributed by atoms with E-state index in [0.29, 0.717) is 18.4 Å². The van der Waals surface area contributed by atoms with E-state index in [1.807, 2.05) is 0 Å². The van der Waals surface area contributed by atoms with Crippen LogP contribution in [0.3, 0.4) is 0 Å². The Morgan fingerprint density at radius 3 is 2.19 bits per heavy atom. The van der Waals surface area contributed by atoms with Crippen molar-refractivity contribution in [3.63, 3.8) is 0 Å². The maximum absolute atomic E-state index is 13.2. The smallest absolute Gasteiger partial charge is 0.270 e. The van der Waals surface area contributed by atoms with E-state index in [4.69, 9.17) is 0 Å². The maximum atomic E-state index is 13.2. The summed E-state index contributed by atoms with van der Waals surface area (Å²) in [5.74, 6) is 2.17. The van der Waals surface area contributed by atoms with Gasteiger partial charge >= 0.3 is 0 Å². The van der Waals surface area contributed by atoms with Gasteiger partial charge in [-0.25, -0.2) is 8.42 Å². The number of hydrogen-bond donors (Lipinski definition) is 1. The van der Waals surface area contributed by atoms with Crippen molar-refractivity contribution in [2.24, 2.45) is 23.7 Å². The van der Waals surface area contributed by atoms with E-state index < -0.39 is 14.9 Å². The van der Waals surface area contributed by atoms with Crippen molar-refractivity contribution in [2.45, 2.75) is 68.7 Å². The lowest BCUT2D eigenvalue weighted by atomic mass is 9.53. The highest BCUT2D eigenvalue weighted by Crippen LogP contribution is 2.55. The Bertz CT molecular complexity index is 1010. The van der Waals surface area contributed by atoms with Crippen LogP contribution in [0.4, 0.5) is 5.69 Å². The minimum absolute atomic E-state index is 0.0248. The first kappa shape index (κ1) is 21.8. The third-order valence-electron chi connectivity index (χ3n) is 8.25. The van der Waals surface area contributed by atoms with Gasteiger partial charge in [-0.3, -0.25) is 14.9 Å². The number of non-ortho nitro benzene ring substituents is 1. The van der Waals surface area contributed by atoms with Crippen LogP contribution in [0.2, 0.25) is 0 Å². The molecule has 1 aliphatic heterocycles. The van der Waals surface area contributed by atoms with Crippen molar-refractivity contribution >= 4 is 21.6 Å². The number of nitro benzene ring substituents is 1. The molecule has 1 amide bonds. The molecule has 9 heteroatoms. The predicted octanol–water partition coefficient (Wildman–Crippen LogP) is 3.39. The lowest BCUT2D eigenvalue weighted by Crippen LogP contribution is -2.61. The SMILES string of the molecule is Cc1ccc([N+](=O)[O-])cc1S(=O)(=O)N1CCC(C(=O)NC23CC4CC(CC(C4)C2)C3)CC1. The number of carbonyl (C=O) groups excluding carboxylic acids is 1. The highest BCUT2D eigenvalue weighted by molar-refractivity contribution is 7.89. The molecule has 6 rings (SSSR count). The first-order valence-corrected chi connectivity index (χ1v) is 13.2. The zero-order valence-corrected chi connectivity index (χ0v) is 19.3. The Kier molecular flexibility index (Phi) is 5.32. The molecule has 4 saturated carbocycles. The molecule has 32 heavy (non-hydrogen) atoms. The van der Waals surface area contributed by atoms with Gasteiger partial charge in [0, 0.05) is 36.7 Å². The summed E-state index contributed by atoms with van der Waals surface area (Å²) in [7, 11) is -3.84. The van der Waals surface area contributed by atoms with Crippen molar-refractivity contribution in [2.75, 3.05) is 13.1 Å². The number of benzene rings is 1. The molecular weight excluding hydrogens is 430 g/mol. The molecular formula is C23H31N3O5S. The van der Waals surface area contributed by atoms with Crippen LogP contribution in [0.25, 0.3) is 0 Å². The number of rotatable bonds is 5. The van der Waals surface area contributed by atoms with E-state index in [-0.39, 0.29) is 41.0 Å². The first-order chi connectivity index (χ1) is 15.1. The number of aryl methyl sites for hydroxylation is 1. The van der Waals surface area contributed by atoms with Crippen molar-refractivity contribution < 1.29 is 18.1 Å². The van der Waals surface area contributed by atoms with Crippen LogP contribution in [0.5, 0.6) is 0 Å². The van der Waals surface area contributed by atoms with Crippen LogP contribution >= 0.6 is 0 Å². The fourth-order valence-corrected chi connectivity index (χ4v) is 8.82. The summed E-state index contributed by atoms with van der Waals surface area (Å²) in [4.78, 5) is 23.6. The molecule has 1 aromatic carbocycles. The highest BCUT2D eigenvalue weighted by Gasteiger charge is 2.52. The largest absolute Gasteiger partial charge is 0.350 e. The number of sulfonamides is 1. The third kappa shape index (κ3) is 3.83. The highest BCUT2D eigenvalue weighted by atomic mass is 32.2. The van der Waals surface area contributed by atoms with E-state index >= 15 is 0 Å². The number of amides is 1. The second kappa shape index (κ2) is 7.80. The molecule has 5 fully saturated rings. The second-order valence-corrected chi connectivity index (χ2v) is 12.5. The van der Waals surface area contributed by atoms with Gasteiger partial charge < -0.3 is 5.32 Å². The van der Waals surface area contributed by atoms with Gasteiger partial charge in [-0.05, 0) is 81.6 Å². The molecule has 1 N–H and O–H groups in total. The minimum atomic E-state index is -3.84. The van der Waals surface area contributed by atoms with E-state index in [9.17, 15) is 23.3 Å². The Balaban J connectivity index is 1.24. The van der Waals surface area contributed by atoms with Gasteiger partial charge in [0.05, 0.1) is 9.82 Å². The number of piperidine rings is 1. The normalized spacial score (nSPS) is 32.7. The zero-order valence-electron chi connectivity index (χ0n) is 18.5. The average molecular weight is 462 g/mol. The molecule has 174 valence electrons. The maximum Gasteiger partial charge on any atom is 0.270 e. The topological polar surface area (TPSA) is 110 Å². The lowest BCUT2D eigenvalue weighted by Gasteiger charge is -2.57. The van der Waals surface area contributed by atoms with Crippen LogP contribution in [-0.2, 0) is 14.8 Å². The van der Waals surface area contributed by atoms with Crippen molar-refractivity contribution in [3.05, 3.63) is 33.9 Å². The molecule has 1 saturated heterocycles. The zero-order chi connectivity index (χ0) is 22.7. The summed E-state index contributed by atoms with van der Waals surface area (Å²) in [6, 6.07) is 3.92. The number of nitrogens with zero attached hydrogens (tertiary/aromatic N) is 2. The molecule has 1 aromatic rings. The van der Waals surface area contributed by atoms with Crippen LogP contribution in [0.1, 0.15) is 56.9 Å². The molecule has 0 spiro atoms. The molecule has 4 aliphatic carbocycles. The Morgan fingerprint density at radius 2 is 1.66 bits per heavy atom. The molecule has 0 atom stereocenters. The Labute approximate surface area is 188 Å². The minimum Gasteiger partial charge on any atom is -0.350 e. The summed E-state index contributed by atoms with van der Waals surface area (Å²) < 4.78 is 27.7. The lowest BCUT2D eigenvalue weighted by molar-refractivity contribution is -0.385. The predicted molar refractivity (Wildman–Crippen MR) is 118 cm³/mol. The summed E-state index contributed by atoms with van der Waals surface area (Å²) in [6.07, 6.45) is 8.22. The van der Waals surface area contributed by atoms with E-state index in [1.54, 1.807) is 6.92 Å². The van der Waals surface area contributed by atoms with Gasteiger partial charge in [-0.15, -0.1) is 0 Å². The van der Waals surface area contributed by atoms with Crippen LogP contribution in [0.15, 0.2) is 23.1 Å². The van der Waals surface area contributed by atoms with Gasteiger partial charge in [0.15, 0.2) is 0 Å². The van der Waals surface area contributed by atoms with Crippen molar-refractivity contribution in [1.82, 2.24) is 9.62 Å². The van der Waals surface area contributed by atoms with E-state index in [0.717, 1.165) is 43.1 Å². The fraction of sp³-hybridized carbons (Fsp3) is 0.696. The van der Waals surface area contributed by atoms with E-state index in [1.165, 1.54) is 35.7 Å². The molecule has 5 aliphatic rings. The van der Waals surface area contributed by atoms with Crippen molar-refractivity contribution in [1.29, 1.82) is 0 Å². The quantitative estimate of drug-likeness (QED) is 0.534. The average Bonchev–Trinajstić information content (AvgIpc) is 2.72. The number of nitro groups is 1. The Morgan fingerprint density at radius 1 is 1.09 bits per heavy atom. The second-order valence-electron chi connectivity index (χ2n) is 10.6. The molecule has 4 bridgehead atoms. The Hall–Kier alpha value is -2.00. The van der Waals surface area contributed by atoms with Crippen LogP contribution in [-0.4, -0.2) is 42.2 Å². The van der Waals surface area contributed by atoms with Gasteiger partial charge in [0.25, 0.3) is 5.69 Å². The van der Waals surface area contributed by atoms with Gasteiger partial charge in [0.1, 0.15) is 0 Å². The molecule has 8 nitrogen and oxygen atoms in total. The molecule has 1 heterocycles. The molecule has 0 aromatic heterocycles. The van der Waals surface area contributed by atoms with E-state index in [2.05, 4.69) is 5.32 Å². The number of hydrogen-bond acceptors (Lipinski definition) is 5. The van der Waals surface area contributed by atoms with Gasteiger partial charge in [-0.1, -0.05) is 6.07 Å². The number of carbonyl (C=O) groups is 1. The standard InChI is InChI=1S/C23H31N3O5S/c1-15-2-3-20(26(28)29)11-21(15)32(30,31)25-6-4-19(5-7-25)22(27)24-23-12-16-8-17(13-23)10-18(9-16)14-23/h2-3,11,16-19H,4-10,12-14H2,1H3,(H,24,27).